The topological polar surface area (TPSA) is 58.6 Å². The van der Waals surface area contributed by atoms with Crippen molar-refractivity contribution < 1.29 is 14.6 Å². The van der Waals surface area contributed by atoms with Gasteiger partial charge in [0.25, 0.3) is 0 Å². The van der Waals surface area contributed by atoms with Gasteiger partial charge in [0.15, 0.2) is 0 Å². The minimum absolute atomic E-state index is 0.299. The molecule has 0 bridgehead atoms. The second-order valence-electron chi connectivity index (χ2n) is 6.33. The number of carboxylic acids is 1. The molecule has 0 radical (unpaired) electrons. The van der Waals surface area contributed by atoms with Gasteiger partial charge in [-0.3, -0.25) is 0 Å². The Labute approximate surface area is 125 Å². The van der Waals surface area contributed by atoms with E-state index in [4.69, 9.17) is 9.84 Å². The molecule has 1 aromatic rings. The zero-order valence-corrected chi connectivity index (χ0v) is 12.5. The molecule has 0 heterocycles. The average Bonchev–Trinajstić information content (AvgIpc) is 3.32. The fourth-order valence-corrected chi connectivity index (χ4v) is 3.53. The number of hydrogen-bond acceptors (Lipinski definition) is 3. The van der Waals surface area contributed by atoms with Gasteiger partial charge in [0, 0.05) is 6.04 Å². The molecule has 3 rings (SSSR count). The minimum atomic E-state index is -0.903. The van der Waals surface area contributed by atoms with Crippen LogP contribution >= 0.6 is 0 Å². The lowest BCUT2D eigenvalue weighted by atomic mass is 9.82. The second-order valence-corrected chi connectivity index (χ2v) is 6.33. The van der Waals surface area contributed by atoms with Crippen molar-refractivity contribution in [1.82, 2.24) is 0 Å². The Hall–Kier alpha value is -1.71. The van der Waals surface area contributed by atoms with Crippen LogP contribution in [0.4, 0.5) is 5.69 Å². The third-order valence-corrected chi connectivity index (χ3v) is 4.81. The molecular weight excluding hydrogens is 266 g/mol. The van der Waals surface area contributed by atoms with Gasteiger partial charge in [-0.15, -0.1) is 0 Å². The molecule has 2 aliphatic rings. The highest BCUT2D eigenvalue weighted by Gasteiger charge is 2.34. The lowest BCUT2D eigenvalue weighted by molar-refractivity contribution is 0.0697. The molecule has 114 valence electrons. The van der Waals surface area contributed by atoms with Crippen LogP contribution < -0.4 is 10.1 Å². The maximum Gasteiger partial charge on any atom is 0.335 e. The predicted octanol–water partition coefficient (Wildman–Crippen LogP) is 3.77. The first-order valence-electron chi connectivity index (χ1n) is 7.85. The van der Waals surface area contributed by atoms with Crippen molar-refractivity contribution in [1.29, 1.82) is 0 Å². The standard InChI is InChI=1S/C17H23NO3/c1-21-16-8-7-13(17(19)20)10-15(16)18-14-4-2-3-12(9-14)11-5-6-11/h7-8,10-12,14,18H,2-6,9H2,1H3,(H,19,20). The van der Waals surface area contributed by atoms with Crippen LogP contribution in [0.1, 0.15) is 48.9 Å². The zero-order chi connectivity index (χ0) is 14.8. The Morgan fingerprint density at radius 2 is 2.05 bits per heavy atom. The minimum Gasteiger partial charge on any atom is -0.495 e. The summed E-state index contributed by atoms with van der Waals surface area (Å²) in [6, 6.07) is 5.43. The molecule has 0 aromatic heterocycles. The summed E-state index contributed by atoms with van der Waals surface area (Å²) in [4.78, 5) is 11.1. The highest BCUT2D eigenvalue weighted by Crippen LogP contribution is 2.44. The molecule has 2 fully saturated rings. The van der Waals surface area contributed by atoms with Crippen LogP contribution in [0.2, 0.25) is 0 Å². The summed E-state index contributed by atoms with van der Waals surface area (Å²) in [5.74, 6) is 1.61. The number of carboxylic acid groups (broad SMARTS) is 1. The van der Waals surface area contributed by atoms with Crippen molar-refractivity contribution in [3.05, 3.63) is 23.8 Å². The molecular formula is C17H23NO3. The van der Waals surface area contributed by atoms with Crippen LogP contribution in [0.15, 0.2) is 18.2 Å². The number of carbonyl (C=O) groups is 1. The lowest BCUT2D eigenvalue weighted by Crippen LogP contribution is -2.28. The number of benzene rings is 1. The smallest absolute Gasteiger partial charge is 0.335 e. The zero-order valence-electron chi connectivity index (χ0n) is 12.5. The monoisotopic (exact) mass is 289 g/mol. The Kier molecular flexibility index (Phi) is 4.04. The molecule has 2 aliphatic carbocycles. The van der Waals surface area contributed by atoms with Gasteiger partial charge in [-0.2, -0.15) is 0 Å². The maximum atomic E-state index is 11.1. The Balaban J connectivity index is 1.73. The van der Waals surface area contributed by atoms with E-state index in [2.05, 4.69) is 5.32 Å². The summed E-state index contributed by atoms with van der Waals surface area (Å²) in [5.41, 5.74) is 1.10. The van der Waals surface area contributed by atoms with Crippen molar-refractivity contribution >= 4 is 11.7 Å². The number of aromatic carboxylic acids is 1. The first kappa shape index (κ1) is 14.2. The van der Waals surface area contributed by atoms with Crippen molar-refractivity contribution in [2.75, 3.05) is 12.4 Å². The summed E-state index contributed by atoms with van der Waals surface area (Å²) in [5, 5.41) is 12.7. The van der Waals surface area contributed by atoms with Crippen molar-refractivity contribution in [3.63, 3.8) is 0 Å². The van der Waals surface area contributed by atoms with Gasteiger partial charge in [0.2, 0.25) is 0 Å². The highest BCUT2D eigenvalue weighted by molar-refractivity contribution is 5.89. The van der Waals surface area contributed by atoms with Crippen LogP contribution in [0.5, 0.6) is 5.75 Å². The van der Waals surface area contributed by atoms with Gasteiger partial charge in [0.05, 0.1) is 18.4 Å². The number of methoxy groups -OCH3 is 1. The summed E-state index contributed by atoms with van der Waals surface area (Å²) in [6.45, 7) is 0. The molecule has 2 unspecified atom stereocenters. The van der Waals surface area contributed by atoms with Crippen LogP contribution in [-0.2, 0) is 0 Å². The van der Waals surface area contributed by atoms with E-state index in [0.717, 1.165) is 23.9 Å². The van der Waals surface area contributed by atoms with Crippen LogP contribution in [0.3, 0.4) is 0 Å². The van der Waals surface area contributed by atoms with Crippen LogP contribution in [-0.4, -0.2) is 24.2 Å². The van der Waals surface area contributed by atoms with Crippen molar-refractivity contribution in [2.45, 2.75) is 44.6 Å². The van der Waals surface area contributed by atoms with Gasteiger partial charge in [0.1, 0.15) is 5.75 Å². The quantitative estimate of drug-likeness (QED) is 0.866. The van der Waals surface area contributed by atoms with E-state index in [1.54, 1.807) is 25.3 Å². The Morgan fingerprint density at radius 1 is 1.24 bits per heavy atom. The van der Waals surface area contributed by atoms with E-state index < -0.39 is 5.97 Å². The molecule has 2 N–H and O–H groups in total. The molecule has 1 aromatic carbocycles. The molecule has 0 amide bonds. The first-order chi connectivity index (χ1) is 10.2. The third-order valence-electron chi connectivity index (χ3n) is 4.81. The van der Waals surface area contributed by atoms with Crippen molar-refractivity contribution in [3.8, 4) is 5.75 Å². The van der Waals surface area contributed by atoms with Gasteiger partial charge in [-0.25, -0.2) is 4.79 Å². The van der Waals surface area contributed by atoms with E-state index in [0.29, 0.717) is 17.4 Å². The summed E-state index contributed by atoms with van der Waals surface area (Å²) >= 11 is 0. The number of hydrogen-bond donors (Lipinski definition) is 2. The lowest BCUT2D eigenvalue weighted by Gasteiger charge is -2.31. The predicted molar refractivity (Wildman–Crippen MR) is 82.0 cm³/mol. The molecule has 2 saturated carbocycles. The molecule has 2 atom stereocenters. The maximum absolute atomic E-state index is 11.1. The van der Waals surface area contributed by atoms with Gasteiger partial charge >= 0.3 is 5.97 Å². The number of anilines is 1. The molecule has 21 heavy (non-hydrogen) atoms. The Bertz CT molecular complexity index is 525. The normalized spacial score (nSPS) is 25.4. The SMILES string of the molecule is COc1ccc(C(=O)O)cc1NC1CCCC(C2CC2)C1. The molecule has 0 aliphatic heterocycles. The van der Waals surface area contributed by atoms with Gasteiger partial charge in [-0.05, 0) is 55.7 Å². The molecule has 4 heteroatoms. The van der Waals surface area contributed by atoms with Crippen LogP contribution in [0, 0.1) is 11.8 Å². The molecule has 0 saturated heterocycles. The average molecular weight is 289 g/mol. The number of nitrogens with one attached hydrogen (secondary N) is 1. The number of ether oxygens (including phenoxy) is 1. The second kappa shape index (κ2) is 5.96. The van der Waals surface area contributed by atoms with Gasteiger partial charge in [-0.1, -0.05) is 12.8 Å². The van der Waals surface area contributed by atoms with Gasteiger partial charge < -0.3 is 15.2 Å². The van der Waals surface area contributed by atoms with Crippen molar-refractivity contribution in [2.24, 2.45) is 11.8 Å². The third kappa shape index (κ3) is 3.31. The summed E-state index contributed by atoms with van der Waals surface area (Å²) < 4.78 is 5.35. The van der Waals surface area contributed by atoms with E-state index in [9.17, 15) is 4.79 Å². The Morgan fingerprint density at radius 3 is 2.71 bits per heavy atom. The van der Waals surface area contributed by atoms with E-state index in [1.807, 2.05) is 0 Å². The summed E-state index contributed by atoms with van der Waals surface area (Å²) in [7, 11) is 1.62. The molecule has 4 nitrogen and oxygen atoms in total. The fourth-order valence-electron chi connectivity index (χ4n) is 3.53. The molecule has 0 spiro atoms. The van der Waals surface area contributed by atoms with E-state index >= 15 is 0 Å². The number of rotatable bonds is 5. The first-order valence-corrected chi connectivity index (χ1v) is 7.85. The fraction of sp³-hybridized carbons (Fsp3) is 0.588. The highest BCUT2D eigenvalue weighted by atomic mass is 16.5. The summed E-state index contributed by atoms with van der Waals surface area (Å²) in [6.07, 6.45) is 7.77. The van der Waals surface area contributed by atoms with E-state index in [1.165, 1.54) is 32.1 Å². The largest absolute Gasteiger partial charge is 0.495 e. The van der Waals surface area contributed by atoms with E-state index in [-0.39, 0.29) is 0 Å². The van der Waals surface area contributed by atoms with Crippen LogP contribution in [0.25, 0.3) is 0 Å².